The summed E-state index contributed by atoms with van der Waals surface area (Å²) in [6.45, 7) is 3.05. The number of hydrogen-bond donors (Lipinski definition) is 1. The third kappa shape index (κ3) is 3.11. The second kappa shape index (κ2) is 6.38. The lowest BCUT2D eigenvalue weighted by Crippen LogP contribution is -3.16. The van der Waals surface area contributed by atoms with E-state index < -0.39 is 20.0 Å². The Labute approximate surface area is 144 Å². The fraction of sp³-hybridized carbons (Fsp3) is 0.600. The number of nitrogens with one attached hydrogen (secondary N) is 1. The van der Waals surface area contributed by atoms with E-state index in [1.54, 1.807) is 4.31 Å². The highest BCUT2D eigenvalue weighted by Crippen LogP contribution is 2.21. The van der Waals surface area contributed by atoms with Crippen molar-refractivity contribution in [3.8, 4) is 0 Å². The molecule has 0 amide bonds. The maximum absolute atomic E-state index is 12.8. The van der Waals surface area contributed by atoms with Gasteiger partial charge in [0.2, 0.25) is 20.0 Å². The summed E-state index contributed by atoms with van der Waals surface area (Å²) in [6, 6.07) is 5.89. The molecule has 2 aliphatic heterocycles. The number of benzene rings is 1. The summed E-state index contributed by atoms with van der Waals surface area (Å²) in [5.41, 5.74) is 0. The number of rotatable bonds is 4. The molecule has 2 heterocycles. The van der Waals surface area contributed by atoms with Crippen LogP contribution in [0.15, 0.2) is 34.1 Å². The van der Waals surface area contributed by atoms with Crippen LogP contribution in [0.1, 0.15) is 12.8 Å². The van der Waals surface area contributed by atoms with Gasteiger partial charge in [0.1, 0.15) is 6.04 Å². The molecule has 0 aromatic heterocycles. The van der Waals surface area contributed by atoms with Crippen LogP contribution in [0.3, 0.4) is 0 Å². The van der Waals surface area contributed by atoms with Gasteiger partial charge in [-0.2, -0.15) is 4.31 Å². The van der Waals surface area contributed by atoms with Crippen molar-refractivity contribution in [3.05, 3.63) is 24.3 Å². The molecule has 7 nitrogen and oxygen atoms in total. The fourth-order valence-corrected chi connectivity index (χ4v) is 5.89. The van der Waals surface area contributed by atoms with Gasteiger partial charge in [0, 0.05) is 26.9 Å². The van der Waals surface area contributed by atoms with Crippen LogP contribution in [0.4, 0.5) is 0 Å². The first-order chi connectivity index (χ1) is 11.2. The highest BCUT2D eigenvalue weighted by Gasteiger charge is 2.39. The van der Waals surface area contributed by atoms with E-state index in [0.29, 0.717) is 19.1 Å². The third-order valence-corrected chi connectivity index (χ3v) is 8.68. The first-order valence-corrected chi connectivity index (χ1v) is 11.0. The minimum absolute atomic E-state index is 0.0940. The van der Waals surface area contributed by atoms with Crippen LogP contribution in [0.5, 0.6) is 0 Å². The molecule has 24 heavy (non-hydrogen) atoms. The summed E-state index contributed by atoms with van der Waals surface area (Å²) >= 11 is 0. The van der Waals surface area contributed by atoms with Crippen LogP contribution in [-0.4, -0.2) is 71.8 Å². The minimum atomic E-state index is -3.57. The van der Waals surface area contributed by atoms with E-state index in [-0.39, 0.29) is 9.79 Å². The molecule has 2 fully saturated rings. The largest absolute Gasteiger partial charge is 0.330 e. The predicted molar refractivity (Wildman–Crippen MR) is 89.8 cm³/mol. The van der Waals surface area contributed by atoms with Crippen LogP contribution in [0, 0.1) is 0 Å². The molecule has 134 valence electrons. The Hall–Kier alpha value is -1.00. The smallest absolute Gasteiger partial charge is 0.243 e. The Morgan fingerprint density at radius 1 is 1.04 bits per heavy atom. The van der Waals surface area contributed by atoms with E-state index in [2.05, 4.69) is 0 Å². The average Bonchev–Trinajstić information content (AvgIpc) is 3.02. The van der Waals surface area contributed by atoms with Crippen LogP contribution in [0.25, 0.3) is 0 Å². The SMILES string of the molecule is CN(C)S(=O)(=O)c1ccc(S(=O)(=O)N2CC[NH+]3CCC[C@@H]3C2)cc1. The predicted octanol–water partition coefficient (Wildman–Crippen LogP) is -1.01. The van der Waals surface area contributed by atoms with Gasteiger partial charge < -0.3 is 4.90 Å². The molecule has 1 unspecified atom stereocenters. The maximum Gasteiger partial charge on any atom is 0.243 e. The number of fused-ring (bicyclic) bond motifs is 1. The molecule has 3 rings (SSSR count). The molecular formula is C15H24N3O4S2+. The Morgan fingerprint density at radius 3 is 2.29 bits per heavy atom. The van der Waals surface area contributed by atoms with Gasteiger partial charge in [-0.15, -0.1) is 0 Å². The van der Waals surface area contributed by atoms with Gasteiger partial charge in [0.05, 0.1) is 36.0 Å². The number of sulfonamides is 2. The van der Waals surface area contributed by atoms with E-state index in [9.17, 15) is 16.8 Å². The summed E-state index contributed by atoms with van der Waals surface area (Å²) in [6.07, 6.45) is 2.23. The van der Waals surface area contributed by atoms with E-state index in [1.807, 2.05) is 0 Å². The Bertz CT molecular complexity index is 804. The van der Waals surface area contributed by atoms with Crippen LogP contribution < -0.4 is 4.90 Å². The highest BCUT2D eigenvalue weighted by atomic mass is 32.2. The lowest BCUT2D eigenvalue weighted by molar-refractivity contribution is -0.916. The molecule has 1 aromatic carbocycles. The molecule has 1 N–H and O–H groups in total. The maximum atomic E-state index is 12.8. The minimum Gasteiger partial charge on any atom is -0.330 e. The highest BCUT2D eigenvalue weighted by molar-refractivity contribution is 7.89. The molecule has 1 aromatic rings. The van der Waals surface area contributed by atoms with E-state index in [1.165, 1.54) is 43.3 Å². The first-order valence-electron chi connectivity index (χ1n) is 8.10. The molecule has 9 heteroatoms. The lowest BCUT2D eigenvalue weighted by atomic mass is 10.2. The summed E-state index contributed by atoms with van der Waals surface area (Å²) in [5.74, 6) is 0. The van der Waals surface area contributed by atoms with Gasteiger partial charge in [-0.25, -0.2) is 21.1 Å². The molecule has 0 saturated carbocycles. The van der Waals surface area contributed by atoms with Crippen LogP contribution in [-0.2, 0) is 20.0 Å². The van der Waals surface area contributed by atoms with Crippen molar-refractivity contribution in [3.63, 3.8) is 0 Å². The standard InChI is InChI=1S/C15H23N3O4S2/c1-16(2)23(19,20)14-5-7-15(8-6-14)24(21,22)18-11-10-17-9-3-4-13(17)12-18/h5-8,13H,3-4,9-12H2,1-2H3/p+1/t13-/m1/s1. The topological polar surface area (TPSA) is 79.2 Å². The second-order valence-electron chi connectivity index (χ2n) is 6.62. The molecule has 2 atom stereocenters. The van der Waals surface area contributed by atoms with Crippen molar-refractivity contribution < 1.29 is 21.7 Å². The molecule has 0 aliphatic carbocycles. The van der Waals surface area contributed by atoms with Gasteiger partial charge in [-0.05, 0) is 24.3 Å². The molecule has 0 radical (unpaired) electrons. The van der Waals surface area contributed by atoms with E-state index in [0.717, 1.165) is 30.2 Å². The third-order valence-electron chi connectivity index (χ3n) is 4.97. The number of hydrogen-bond acceptors (Lipinski definition) is 4. The van der Waals surface area contributed by atoms with Gasteiger partial charge in [-0.1, -0.05) is 0 Å². The Morgan fingerprint density at radius 2 is 1.67 bits per heavy atom. The summed E-state index contributed by atoms with van der Waals surface area (Å²) in [5, 5.41) is 0. The molecule has 0 bridgehead atoms. The Balaban J connectivity index is 1.83. The summed E-state index contributed by atoms with van der Waals surface area (Å²) in [7, 11) is -4.23. The number of piperazine rings is 1. The van der Waals surface area contributed by atoms with Crippen LogP contribution in [0.2, 0.25) is 0 Å². The quantitative estimate of drug-likeness (QED) is 0.732. The number of nitrogens with zero attached hydrogens (tertiary/aromatic N) is 2. The van der Waals surface area contributed by atoms with Crippen molar-refractivity contribution in [1.29, 1.82) is 0 Å². The molecular weight excluding hydrogens is 350 g/mol. The van der Waals surface area contributed by atoms with Crippen molar-refractivity contribution in [2.45, 2.75) is 28.7 Å². The molecule has 2 aliphatic rings. The van der Waals surface area contributed by atoms with Crippen LogP contribution >= 0.6 is 0 Å². The van der Waals surface area contributed by atoms with Gasteiger partial charge in [0.25, 0.3) is 0 Å². The van der Waals surface area contributed by atoms with Crippen molar-refractivity contribution in [1.82, 2.24) is 8.61 Å². The van der Waals surface area contributed by atoms with Gasteiger partial charge in [-0.3, -0.25) is 0 Å². The number of quaternary nitrogens is 1. The van der Waals surface area contributed by atoms with Gasteiger partial charge in [0.15, 0.2) is 0 Å². The molecule has 2 saturated heterocycles. The zero-order valence-corrected chi connectivity index (χ0v) is 15.6. The van der Waals surface area contributed by atoms with Crippen molar-refractivity contribution >= 4 is 20.0 Å². The first kappa shape index (κ1) is 17.8. The molecule has 0 spiro atoms. The summed E-state index contributed by atoms with van der Waals surface area (Å²) < 4.78 is 52.5. The van der Waals surface area contributed by atoms with E-state index in [4.69, 9.17) is 0 Å². The van der Waals surface area contributed by atoms with Crippen molar-refractivity contribution in [2.24, 2.45) is 0 Å². The Kier molecular flexibility index (Phi) is 4.73. The van der Waals surface area contributed by atoms with E-state index >= 15 is 0 Å². The second-order valence-corrected chi connectivity index (χ2v) is 10.7. The monoisotopic (exact) mass is 374 g/mol. The zero-order valence-electron chi connectivity index (χ0n) is 14.0. The van der Waals surface area contributed by atoms with Crippen molar-refractivity contribution in [2.75, 3.05) is 40.3 Å². The lowest BCUT2D eigenvalue weighted by Gasteiger charge is -2.34. The van der Waals surface area contributed by atoms with Gasteiger partial charge >= 0.3 is 0 Å². The fourth-order valence-electron chi connectivity index (χ4n) is 3.50. The average molecular weight is 375 g/mol. The zero-order chi connectivity index (χ0) is 17.5. The normalized spacial score (nSPS) is 25.8. The summed E-state index contributed by atoms with van der Waals surface area (Å²) in [4.78, 5) is 1.76.